The van der Waals surface area contributed by atoms with Crippen molar-refractivity contribution in [3.63, 3.8) is 0 Å². The van der Waals surface area contributed by atoms with Crippen molar-refractivity contribution in [2.75, 3.05) is 9.80 Å². The molecule has 21 rings (SSSR count). The van der Waals surface area contributed by atoms with E-state index in [0.29, 0.717) is 0 Å². The SMILES string of the molecule is c1ccc(-c2cc(-c3ccc(-c4ccc(N(c5ccccc5-c5ccccc5)c5cccc6sc7ccccc7c56)cc4)c4c3c3ccccc3n4-c3ccccc3)ccc2-c2ccc(N(c3ccc(-c4cccc5c6ccccc6n(-c6ccccc6)c45)cc3)c3cccc4c3sc3ccccc34)cc2)cc1. The normalized spacial score (nSPS) is 11.7. The largest absolute Gasteiger partial charge is 0.309 e. The highest BCUT2D eigenvalue weighted by Gasteiger charge is 2.27. The number of hydrogen-bond acceptors (Lipinski definition) is 4. The number of rotatable bonds is 14. The molecule has 0 fully saturated rings. The van der Waals surface area contributed by atoms with Crippen LogP contribution in [0.15, 0.2) is 400 Å². The molecule has 21 aromatic rings. The molecule has 0 amide bonds. The summed E-state index contributed by atoms with van der Waals surface area (Å²) in [6.45, 7) is 0. The first-order valence-electron chi connectivity index (χ1n) is 36.9. The van der Waals surface area contributed by atoms with Gasteiger partial charge in [-0.05, 0) is 165 Å². The lowest BCUT2D eigenvalue weighted by Gasteiger charge is -2.29. The quantitative estimate of drug-likeness (QED) is 0.108. The molecular weight excluding hydrogens is 1350 g/mol. The molecule has 4 nitrogen and oxygen atoms in total. The summed E-state index contributed by atoms with van der Waals surface area (Å²) < 4.78 is 9.98. The minimum Gasteiger partial charge on any atom is -0.309 e. The summed E-state index contributed by atoms with van der Waals surface area (Å²) >= 11 is 3.72. The number of thiophene rings is 2. The maximum atomic E-state index is 2.49. The van der Waals surface area contributed by atoms with E-state index >= 15 is 0 Å². The van der Waals surface area contributed by atoms with Crippen LogP contribution in [0.2, 0.25) is 0 Å². The zero-order chi connectivity index (χ0) is 71.2. The van der Waals surface area contributed by atoms with Crippen LogP contribution in [0.4, 0.5) is 34.1 Å². The van der Waals surface area contributed by atoms with Gasteiger partial charge >= 0.3 is 0 Å². The van der Waals surface area contributed by atoms with Gasteiger partial charge in [-0.3, -0.25) is 0 Å². The molecule has 0 bridgehead atoms. The van der Waals surface area contributed by atoms with Crippen molar-refractivity contribution in [2.24, 2.45) is 0 Å². The van der Waals surface area contributed by atoms with E-state index in [1.54, 1.807) is 0 Å². The van der Waals surface area contributed by atoms with Crippen molar-refractivity contribution < 1.29 is 0 Å². The third-order valence-corrected chi connectivity index (χ3v) is 24.1. The molecule has 0 saturated carbocycles. The number of nitrogens with zero attached hydrogens (tertiary/aromatic N) is 4. The first kappa shape index (κ1) is 62.9. The minimum absolute atomic E-state index is 1.07. The summed E-state index contributed by atoms with van der Waals surface area (Å²) in [5, 5.41) is 9.92. The predicted octanol–water partition coefficient (Wildman–Crippen LogP) is 29.6. The highest BCUT2D eigenvalue weighted by atomic mass is 32.1. The third-order valence-electron chi connectivity index (χ3n) is 21.7. The van der Waals surface area contributed by atoms with Crippen LogP contribution >= 0.6 is 22.7 Å². The fourth-order valence-electron chi connectivity index (χ4n) is 16.9. The standard InChI is InChI=1S/C102H66N4S2/c1-5-26-67(27-6-1)79-34-13-18-42-90(79)104(93-45-25-49-97-99(93)88-38-17-22-48-96(88)107-97)77-61-54-71(55-62-77)82-65-64-80(98-87-37-15-20-44-92(87)106(101(82)98)74-32-11-4-12-33-74)72-56-63-78(89(66-72)68-28-7-2-8-29-68)69-50-57-75(58-51-69)103(94-46-24-41-86-84-36-16-21-47-95(84)108-102(86)94)76-59-52-70(53-60-76)81-39-23-40-85-83-35-14-19-43-91(83)105(100(81)85)73-30-9-3-10-31-73/h1-66H. The van der Waals surface area contributed by atoms with Crippen molar-refractivity contribution >= 4 is 141 Å². The number of fused-ring (bicyclic) bond motifs is 12. The van der Waals surface area contributed by atoms with Gasteiger partial charge in [0, 0.05) is 102 Å². The Labute approximate surface area is 633 Å². The summed E-state index contributed by atoms with van der Waals surface area (Å²) in [5.41, 5.74) is 27.4. The van der Waals surface area contributed by atoms with Crippen LogP contribution in [0, 0.1) is 0 Å². The Bertz CT molecular complexity index is 7020. The second-order valence-corrected chi connectivity index (χ2v) is 29.9. The van der Waals surface area contributed by atoms with E-state index in [-0.39, 0.29) is 0 Å². The van der Waals surface area contributed by atoms with E-state index in [2.05, 4.69) is 419 Å². The fourth-order valence-corrected chi connectivity index (χ4v) is 19.3. The van der Waals surface area contributed by atoms with Crippen molar-refractivity contribution in [1.82, 2.24) is 9.13 Å². The Kier molecular flexibility index (Phi) is 15.3. The number of aromatic nitrogens is 2. The molecule has 0 radical (unpaired) electrons. The third kappa shape index (κ3) is 10.5. The maximum Gasteiger partial charge on any atom is 0.0640 e. The molecule has 0 saturated heterocycles. The summed E-state index contributed by atoms with van der Waals surface area (Å²) in [4.78, 5) is 4.94. The average Bonchev–Trinajstić information content (AvgIpc) is 1.62. The maximum absolute atomic E-state index is 2.49. The molecule has 4 heterocycles. The van der Waals surface area contributed by atoms with Gasteiger partial charge in [-0.1, -0.05) is 285 Å². The fraction of sp³-hybridized carbons (Fsp3) is 0. The molecule has 0 aliphatic heterocycles. The van der Waals surface area contributed by atoms with Gasteiger partial charge in [-0.2, -0.15) is 0 Å². The van der Waals surface area contributed by atoms with E-state index in [9.17, 15) is 0 Å². The molecular formula is C102H66N4S2. The van der Waals surface area contributed by atoms with E-state index < -0.39 is 0 Å². The smallest absolute Gasteiger partial charge is 0.0640 e. The summed E-state index contributed by atoms with van der Waals surface area (Å²) in [5.74, 6) is 0. The molecule has 506 valence electrons. The first-order chi connectivity index (χ1) is 53.6. The van der Waals surface area contributed by atoms with E-state index in [0.717, 1.165) is 107 Å². The highest BCUT2D eigenvalue weighted by molar-refractivity contribution is 7.26. The number of benzene rings is 17. The molecule has 0 atom stereocenters. The lowest BCUT2D eigenvalue weighted by Crippen LogP contribution is -2.11. The zero-order valence-electron chi connectivity index (χ0n) is 58.7. The molecule has 0 aliphatic carbocycles. The van der Waals surface area contributed by atoms with E-state index in [4.69, 9.17) is 0 Å². The van der Waals surface area contributed by atoms with Gasteiger partial charge in [0.05, 0.1) is 43.8 Å². The van der Waals surface area contributed by atoms with Crippen molar-refractivity contribution in [3.05, 3.63) is 400 Å². The van der Waals surface area contributed by atoms with Crippen molar-refractivity contribution in [3.8, 4) is 78.1 Å². The Balaban J connectivity index is 0.695. The number of hydrogen-bond donors (Lipinski definition) is 0. The van der Waals surface area contributed by atoms with E-state index in [1.165, 1.54) is 89.6 Å². The molecule has 6 heteroatoms. The molecule has 0 unspecified atom stereocenters. The van der Waals surface area contributed by atoms with Crippen LogP contribution in [0.3, 0.4) is 0 Å². The van der Waals surface area contributed by atoms with Crippen LogP contribution in [0.1, 0.15) is 0 Å². The van der Waals surface area contributed by atoms with Gasteiger partial charge in [0.15, 0.2) is 0 Å². The molecule has 108 heavy (non-hydrogen) atoms. The van der Waals surface area contributed by atoms with Gasteiger partial charge < -0.3 is 18.9 Å². The van der Waals surface area contributed by atoms with Crippen molar-refractivity contribution in [2.45, 2.75) is 0 Å². The second kappa shape index (κ2) is 26.2. The van der Waals surface area contributed by atoms with Gasteiger partial charge in [-0.25, -0.2) is 0 Å². The second-order valence-electron chi connectivity index (χ2n) is 27.8. The Morgan fingerprint density at radius 1 is 0.204 bits per heavy atom. The summed E-state index contributed by atoms with van der Waals surface area (Å²) in [7, 11) is 0. The molecule has 0 spiro atoms. The van der Waals surface area contributed by atoms with Crippen LogP contribution in [0.25, 0.3) is 162 Å². The van der Waals surface area contributed by atoms with Crippen LogP contribution in [0.5, 0.6) is 0 Å². The van der Waals surface area contributed by atoms with Crippen molar-refractivity contribution in [1.29, 1.82) is 0 Å². The monoisotopic (exact) mass is 1410 g/mol. The van der Waals surface area contributed by atoms with Gasteiger partial charge in [0.25, 0.3) is 0 Å². The molecule has 0 aliphatic rings. The molecule has 17 aromatic carbocycles. The molecule has 0 N–H and O–H groups in total. The summed E-state index contributed by atoms with van der Waals surface area (Å²) in [6.07, 6.45) is 0. The lowest BCUT2D eigenvalue weighted by atomic mass is 9.89. The van der Waals surface area contributed by atoms with Gasteiger partial charge in [0.2, 0.25) is 0 Å². The van der Waals surface area contributed by atoms with Crippen LogP contribution in [-0.2, 0) is 0 Å². The number of anilines is 6. The highest BCUT2D eigenvalue weighted by Crippen LogP contribution is 2.52. The summed E-state index contributed by atoms with van der Waals surface area (Å²) in [6, 6.07) is 148. The van der Waals surface area contributed by atoms with Gasteiger partial charge in [0.1, 0.15) is 0 Å². The Morgan fingerprint density at radius 3 is 1.30 bits per heavy atom. The Morgan fingerprint density at radius 2 is 0.620 bits per heavy atom. The minimum atomic E-state index is 1.07. The number of para-hydroxylation sites is 6. The first-order valence-corrected chi connectivity index (χ1v) is 38.5. The van der Waals surface area contributed by atoms with E-state index in [1.807, 2.05) is 22.7 Å². The van der Waals surface area contributed by atoms with Crippen LogP contribution < -0.4 is 9.80 Å². The van der Waals surface area contributed by atoms with Crippen LogP contribution in [-0.4, -0.2) is 9.13 Å². The zero-order valence-corrected chi connectivity index (χ0v) is 60.3. The topological polar surface area (TPSA) is 16.3 Å². The lowest BCUT2D eigenvalue weighted by molar-refractivity contribution is 1.18. The Hall–Kier alpha value is -13.6. The van der Waals surface area contributed by atoms with Gasteiger partial charge in [-0.15, -0.1) is 22.7 Å². The molecule has 4 aromatic heterocycles. The average molecular weight is 1410 g/mol. The predicted molar refractivity (Wildman–Crippen MR) is 463 cm³/mol.